The summed E-state index contributed by atoms with van der Waals surface area (Å²) < 4.78 is 32.5. The van der Waals surface area contributed by atoms with Crippen LogP contribution >= 0.6 is 0 Å². The van der Waals surface area contributed by atoms with Crippen LogP contribution in [0.25, 0.3) is 0 Å². The molecule has 1 N–H and O–H groups in total. The molecule has 0 radical (unpaired) electrons. The number of benzene rings is 1. The van der Waals surface area contributed by atoms with Crippen molar-refractivity contribution < 1.29 is 23.4 Å². The van der Waals surface area contributed by atoms with E-state index < -0.39 is 23.3 Å². The summed E-state index contributed by atoms with van der Waals surface area (Å²) in [6, 6.07) is 3.74. The van der Waals surface area contributed by atoms with Crippen molar-refractivity contribution in [1.29, 1.82) is 0 Å². The Labute approximate surface area is 165 Å². The van der Waals surface area contributed by atoms with Crippen molar-refractivity contribution in [2.24, 2.45) is 10.8 Å². The monoisotopic (exact) mass is 395 g/mol. The van der Waals surface area contributed by atoms with E-state index in [-0.39, 0.29) is 24.0 Å². The van der Waals surface area contributed by atoms with Crippen LogP contribution in [0.3, 0.4) is 0 Å². The molecule has 0 spiro atoms. The van der Waals surface area contributed by atoms with E-state index in [0.29, 0.717) is 12.1 Å². The van der Waals surface area contributed by atoms with Gasteiger partial charge in [0.25, 0.3) is 0 Å². The molecule has 0 aliphatic heterocycles. The Bertz CT molecular complexity index is 704. The number of hydrogen-bond acceptors (Lipinski definition) is 3. The van der Waals surface area contributed by atoms with Gasteiger partial charge in [0.05, 0.1) is 0 Å². The van der Waals surface area contributed by atoms with E-state index in [2.05, 4.69) is 0 Å². The molecule has 3 aliphatic rings. The molecular weight excluding hydrogens is 364 g/mol. The van der Waals surface area contributed by atoms with Gasteiger partial charge in [-0.1, -0.05) is 6.07 Å². The largest absolute Gasteiger partial charge is 0.444 e. The van der Waals surface area contributed by atoms with Crippen LogP contribution in [0.2, 0.25) is 0 Å². The fraction of sp³-hybridized carbons (Fsp3) is 0.682. The minimum Gasteiger partial charge on any atom is -0.444 e. The summed E-state index contributed by atoms with van der Waals surface area (Å²) in [6.45, 7) is 6.39. The molecule has 6 heteroatoms. The third kappa shape index (κ3) is 4.65. The second kappa shape index (κ2) is 7.62. The van der Waals surface area contributed by atoms with Gasteiger partial charge in [-0.3, -0.25) is 0 Å². The standard InChI is InChI=1S/C22H31F2NO3/c1-20(2,3)28-19(27)25(13-16-4-5-17(23)18(24)12-16)14-21-6-9-22(15-26,10-7-21)11-8-21/h4-5,12,26H,6-11,13-15H2,1-3H3. The van der Waals surface area contributed by atoms with Crippen molar-refractivity contribution in [2.45, 2.75) is 71.4 Å². The summed E-state index contributed by atoms with van der Waals surface area (Å²) in [6.07, 6.45) is 5.36. The molecule has 156 valence electrons. The number of hydrogen-bond donors (Lipinski definition) is 1. The number of rotatable bonds is 5. The van der Waals surface area contributed by atoms with E-state index in [0.717, 1.165) is 50.7 Å². The molecule has 3 saturated carbocycles. The topological polar surface area (TPSA) is 49.8 Å². The molecule has 4 nitrogen and oxygen atoms in total. The lowest BCUT2D eigenvalue weighted by Gasteiger charge is -2.54. The van der Waals surface area contributed by atoms with Crippen molar-refractivity contribution in [2.75, 3.05) is 13.2 Å². The van der Waals surface area contributed by atoms with Crippen LogP contribution in [0.1, 0.15) is 64.9 Å². The zero-order valence-corrected chi connectivity index (χ0v) is 17.1. The minimum absolute atomic E-state index is 0.00635. The van der Waals surface area contributed by atoms with Crippen LogP contribution in [-0.2, 0) is 11.3 Å². The Morgan fingerprint density at radius 3 is 2.14 bits per heavy atom. The average molecular weight is 395 g/mol. The third-order valence-electron chi connectivity index (χ3n) is 6.43. The molecule has 3 fully saturated rings. The molecule has 1 amide bonds. The predicted molar refractivity (Wildman–Crippen MR) is 103 cm³/mol. The van der Waals surface area contributed by atoms with Crippen LogP contribution in [0, 0.1) is 22.5 Å². The lowest BCUT2D eigenvalue weighted by molar-refractivity contribution is -0.0602. The lowest BCUT2D eigenvalue weighted by atomic mass is 9.54. The third-order valence-corrected chi connectivity index (χ3v) is 6.43. The van der Waals surface area contributed by atoms with Crippen molar-refractivity contribution in [1.82, 2.24) is 4.90 Å². The Balaban J connectivity index is 1.78. The van der Waals surface area contributed by atoms with Crippen molar-refractivity contribution in [3.63, 3.8) is 0 Å². The molecule has 28 heavy (non-hydrogen) atoms. The number of halogens is 2. The normalized spacial score (nSPS) is 26.9. The number of ether oxygens (including phenoxy) is 1. The molecule has 3 aliphatic carbocycles. The first-order valence-corrected chi connectivity index (χ1v) is 10.1. The van der Waals surface area contributed by atoms with Gasteiger partial charge in [0, 0.05) is 19.7 Å². The van der Waals surface area contributed by atoms with Gasteiger partial charge in [-0.2, -0.15) is 0 Å². The molecule has 0 aromatic heterocycles. The summed E-state index contributed by atoms with van der Waals surface area (Å²) in [5.74, 6) is -1.81. The number of nitrogens with zero attached hydrogens (tertiary/aromatic N) is 1. The van der Waals surface area contributed by atoms with E-state index in [1.807, 2.05) is 20.8 Å². The Morgan fingerprint density at radius 2 is 1.64 bits per heavy atom. The lowest BCUT2D eigenvalue weighted by Crippen LogP contribution is -2.50. The smallest absolute Gasteiger partial charge is 0.410 e. The molecular formula is C22H31F2NO3. The highest BCUT2D eigenvalue weighted by atomic mass is 19.2. The zero-order chi connectivity index (χ0) is 20.6. The highest BCUT2D eigenvalue weighted by molar-refractivity contribution is 5.68. The average Bonchev–Trinajstić information content (AvgIpc) is 2.64. The van der Waals surface area contributed by atoms with Crippen LogP contribution < -0.4 is 0 Å². The summed E-state index contributed by atoms with van der Waals surface area (Å²) in [5, 5.41) is 9.74. The molecule has 0 heterocycles. The van der Waals surface area contributed by atoms with Gasteiger partial charge >= 0.3 is 6.09 Å². The van der Waals surface area contributed by atoms with Gasteiger partial charge < -0.3 is 14.7 Å². The maximum Gasteiger partial charge on any atom is 0.410 e. The van der Waals surface area contributed by atoms with Crippen LogP contribution in [0.15, 0.2) is 18.2 Å². The maximum absolute atomic E-state index is 13.7. The van der Waals surface area contributed by atoms with Gasteiger partial charge in [0.1, 0.15) is 5.60 Å². The maximum atomic E-state index is 13.7. The number of aliphatic hydroxyl groups is 1. The van der Waals surface area contributed by atoms with Gasteiger partial charge in [-0.15, -0.1) is 0 Å². The number of amides is 1. The first-order chi connectivity index (χ1) is 13.1. The van der Waals surface area contributed by atoms with Crippen LogP contribution in [0.5, 0.6) is 0 Å². The minimum atomic E-state index is -0.914. The van der Waals surface area contributed by atoms with Crippen LogP contribution in [0.4, 0.5) is 13.6 Å². The fourth-order valence-electron chi connectivity index (χ4n) is 4.59. The molecule has 0 unspecified atom stereocenters. The van der Waals surface area contributed by atoms with Crippen molar-refractivity contribution in [3.8, 4) is 0 Å². The first kappa shape index (κ1) is 21.0. The Morgan fingerprint density at radius 1 is 1.07 bits per heavy atom. The van der Waals surface area contributed by atoms with Crippen molar-refractivity contribution in [3.05, 3.63) is 35.4 Å². The van der Waals surface area contributed by atoms with E-state index in [1.54, 1.807) is 4.90 Å². The molecule has 2 bridgehead atoms. The Hall–Kier alpha value is -1.69. The SMILES string of the molecule is CC(C)(C)OC(=O)N(Cc1ccc(F)c(F)c1)CC12CCC(CO)(CC1)CC2. The summed E-state index contributed by atoms with van der Waals surface area (Å²) in [5.41, 5.74) is -0.0329. The van der Waals surface area contributed by atoms with E-state index >= 15 is 0 Å². The first-order valence-electron chi connectivity index (χ1n) is 10.1. The molecule has 4 rings (SSSR count). The second-order valence-corrected chi connectivity index (χ2v) is 9.74. The highest BCUT2D eigenvalue weighted by Gasteiger charge is 2.49. The van der Waals surface area contributed by atoms with E-state index in [9.17, 15) is 18.7 Å². The number of fused-ring (bicyclic) bond motifs is 3. The number of aliphatic hydroxyl groups excluding tert-OH is 1. The van der Waals surface area contributed by atoms with Crippen LogP contribution in [-0.4, -0.2) is 34.9 Å². The van der Waals surface area contributed by atoms with E-state index in [4.69, 9.17) is 4.74 Å². The summed E-state index contributed by atoms with van der Waals surface area (Å²) in [7, 11) is 0. The van der Waals surface area contributed by atoms with Gasteiger partial charge in [-0.05, 0) is 87.8 Å². The molecule has 0 atom stereocenters. The molecule has 0 saturated heterocycles. The number of carbonyl (C=O) groups is 1. The van der Waals surface area contributed by atoms with Gasteiger partial charge in [0.2, 0.25) is 0 Å². The number of carbonyl (C=O) groups excluding carboxylic acids is 1. The predicted octanol–water partition coefficient (Wildman–Crippen LogP) is 5.03. The fourth-order valence-corrected chi connectivity index (χ4v) is 4.59. The second-order valence-electron chi connectivity index (χ2n) is 9.74. The molecule has 1 aromatic carbocycles. The van der Waals surface area contributed by atoms with Gasteiger partial charge in [0.15, 0.2) is 11.6 Å². The van der Waals surface area contributed by atoms with Crippen molar-refractivity contribution >= 4 is 6.09 Å². The summed E-state index contributed by atoms with van der Waals surface area (Å²) >= 11 is 0. The quantitative estimate of drug-likeness (QED) is 0.760. The van der Waals surface area contributed by atoms with E-state index in [1.165, 1.54) is 6.07 Å². The summed E-state index contributed by atoms with van der Waals surface area (Å²) in [4.78, 5) is 14.5. The highest BCUT2D eigenvalue weighted by Crippen LogP contribution is 2.56. The zero-order valence-electron chi connectivity index (χ0n) is 17.1. The Kier molecular flexibility index (Phi) is 5.72. The van der Waals surface area contributed by atoms with Gasteiger partial charge in [-0.25, -0.2) is 13.6 Å². The molecule has 1 aromatic rings.